The molecule has 1 aromatic carbocycles. The van der Waals surface area contributed by atoms with E-state index in [1.165, 1.54) is 23.0 Å². The second-order valence-corrected chi connectivity index (χ2v) is 9.69. The van der Waals surface area contributed by atoms with Gasteiger partial charge in [0.15, 0.2) is 0 Å². The molecular weight excluding hydrogens is 366 g/mol. The fourth-order valence-electron chi connectivity index (χ4n) is 3.65. The molecule has 0 bridgehead atoms. The Bertz CT molecular complexity index is 1040. The third kappa shape index (κ3) is 3.22. The molecule has 2 N–H and O–H groups in total. The summed E-state index contributed by atoms with van der Waals surface area (Å²) in [7, 11) is -4.33. The maximum absolute atomic E-state index is 11.8. The Kier molecular flexibility index (Phi) is 4.57. The lowest BCUT2D eigenvalue weighted by molar-refractivity contribution is -0.0665. The molecule has 2 atom stereocenters. The predicted molar refractivity (Wildman–Crippen MR) is 103 cm³/mol. The number of hydrogen-bond acceptors (Lipinski definition) is 5. The molecule has 1 heterocycles. The molecule has 0 radical (unpaired) electrons. The van der Waals surface area contributed by atoms with Gasteiger partial charge in [-0.25, -0.2) is 0 Å². The summed E-state index contributed by atoms with van der Waals surface area (Å²) in [6, 6.07) is 3.49. The fourth-order valence-corrected chi connectivity index (χ4v) is 4.15. The van der Waals surface area contributed by atoms with Gasteiger partial charge in [0.25, 0.3) is 10.1 Å². The molecule has 146 valence electrons. The van der Waals surface area contributed by atoms with E-state index >= 15 is 0 Å². The molecule has 0 amide bonds. The van der Waals surface area contributed by atoms with Gasteiger partial charge in [0, 0.05) is 0 Å². The van der Waals surface area contributed by atoms with Crippen LogP contribution in [0, 0.1) is 11.3 Å². The average Bonchev–Trinajstić information content (AvgIpc) is 2.95. The molecule has 1 aromatic heterocycles. The van der Waals surface area contributed by atoms with Crippen LogP contribution < -0.4 is 0 Å². The van der Waals surface area contributed by atoms with Gasteiger partial charge in [-0.05, 0) is 35.1 Å². The zero-order chi connectivity index (χ0) is 20.2. The van der Waals surface area contributed by atoms with Crippen LogP contribution in [0.3, 0.4) is 0 Å². The number of allylic oxidation sites excluding steroid dienone is 2. The van der Waals surface area contributed by atoms with Crippen LogP contribution in [0.2, 0.25) is 0 Å². The van der Waals surface area contributed by atoms with Crippen molar-refractivity contribution in [1.29, 1.82) is 0 Å². The van der Waals surface area contributed by atoms with E-state index in [4.69, 9.17) is 0 Å². The van der Waals surface area contributed by atoms with E-state index < -0.39 is 27.2 Å². The summed E-state index contributed by atoms with van der Waals surface area (Å²) in [6.45, 7) is 9.97. The van der Waals surface area contributed by atoms with Crippen molar-refractivity contribution in [3.63, 3.8) is 0 Å². The van der Waals surface area contributed by atoms with Crippen molar-refractivity contribution in [3.05, 3.63) is 42.0 Å². The topological polar surface area (TPSA) is 105 Å². The summed E-state index contributed by atoms with van der Waals surface area (Å²) in [5.74, 6) is 0.123. The molecule has 3 rings (SSSR count). The minimum absolute atomic E-state index is 0.123. The molecule has 0 saturated heterocycles. The Morgan fingerprint density at radius 2 is 1.81 bits per heavy atom. The molecule has 0 spiro atoms. The summed E-state index contributed by atoms with van der Waals surface area (Å²) >= 11 is 0. The number of fused-ring (bicyclic) bond motifs is 1. The lowest BCUT2D eigenvalue weighted by atomic mass is 9.63. The standard InChI is InChI=1S/C19H25N3O4S/c1-12(2)14-7-6-8-17(19(14,23)18(3,4)5)22-20-15-10-9-13(27(24,25)26)11-16(15)21-22/h6-12,17,23H,1-5H3,(H,24,25,26). The fraction of sp³-hybridized carbons (Fsp3) is 0.474. The van der Waals surface area contributed by atoms with Crippen molar-refractivity contribution in [2.24, 2.45) is 11.3 Å². The van der Waals surface area contributed by atoms with Crippen LogP contribution in [0.1, 0.15) is 40.7 Å². The van der Waals surface area contributed by atoms with E-state index in [0.717, 1.165) is 5.57 Å². The minimum atomic E-state index is -4.33. The van der Waals surface area contributed by atoms with E-state index in [2.05, 4.69) is 10.2 Å². The molecule has 27 heavy (non-hydrogen) atoms. The summed E-state index contributed by atoms with van der Waals surface area (Å²) in [4.78, 5) is 1.19. The van der Waals surface area contributed by atoms with Crippen LogP contribution in [0.25, 0.3) is 11.0 Å². The first kappa shape index (κ1) is 19.7. The van der Waals surface area contributed by atoms with Crippen molar-refractivity contribution in [2.75, 3.05) is 0 Å². The summed E-state index contributed by atoms with van der Waals surface area (Å²) in [5.41, 5.74) is -0.0277. The minimum Gasteiger partial charge on any atom is -0.382 e. The maximum atomic E-state index is 11.8. The van der Waals surface area contributed by atoms with Gasteiger partial charge >= 0.3 is 0 Å². The number of benzene rings is 1. The van der Waals surface area contributed by atoms with Gasteiger partial charge in [0.05, 0.1) is 4.90 Å². The number of rotatable bonds is 3. The Hall–Kier alpha value is -2.03. The molecule has 7 nitrogen and oxygen atoms in total. The van der Waals surface area contributed by atoms with Gasteiger partial charge in [0.1, 0.15) is 22.7 Å². The van der Waals surface area contributed by atoms with E-state index in [1.807, 2.05) is 52.8 Å². The molecule has 0 fully saturated rings. The van der Waals surface area contributed by atoms with E-state index in [0.29, 0.717) is 11.0 Å². The number of aliphatic hydroxyl groups is 1. The van der Waals surface area contributed by atoms with Gasteiger partial charge in [-0.2, -0.15) is 23.4 Å². The molecule has 1 aliphatic rings. The first-order chi connectivity index (χ1) is 12.4. The lowest BCUT2D eigenvalue weighted by Crippen LogP contribution is -2.53. The molecule has 2 unspecified atom stereocenters. The van der Waals surface area contributed by atoms with Crippen LogP contribution in [-0.4, -0.2) is 38.7 Å². The third-order valence-electron chi connectivity index (χ3n) is 5.12. The van der Waals surface area contributed by atoms with Crippen LogP contribution in [0.4, 0.5) is 0 Å². The van der Waals surface area contributed by atoms with Crippen molar-refractivity contribution in [3.8, 4) is 0 Å². The Morgan fingerprint density at radius 1 is 1.19 bits per heavy atom. The van der Waals surface area contributed by atoms with Crippen LogP contribution in [-0.2, 0) is 10.1 Å². The normalized spacial score (nSPS) is 23.9. The molecule has 1 aliphatic carbocycles. The first-order valence-electron chi connectivity index (χ1n) is 8.81. The highest BCUT2D eigenvalue weighted by Crippen LogP contribution is 2.48. The van der Waals surface area contributed by atoms with Gasteiger partial charge in [-0.3, -0.25) is 4.55 Å². The van der Waals surface area contributed by atoms with Gasteiger partial charge in [0.2, 0.25) is 0 Å². The van der Waals surface area contributed by atoms with Gasteiger partial charge in [-0.15, -0.1) is 0 Å². The smallest absolute Gasteiger partial charge is 0.294 e. The molecular formula is C19H25N3O4S. The molecule has 0 aliphatic heterocycles. The molecule has 8 heteroatoms. The number of nitrogens with zero attached hydrogens (tertiary/aromatic N) is 3. The Balaban J connectivity index is 2.17. The zero-order valence-corrected chi connectivity index (χ0v) is 16.9. The zero-order valence-electron chi connectivity index (χ0n) is 16.1. The van der Waals surface area contributed by atoms with E-state index in [9.17, 15) is 18.1 Å². The van der Waals surface area contributed by atoms with Crippen molar-refractivity contribution in [1.82, 2.24) is 15.0 Å². The summed E-state index contributed by atoms with van der Waals surface area (Å²) in [6.07, 6.45) is 5.67. The lowest BCUT2D eigenvalue weighted by Gasteiger charge is -2.48. The van der Waals surface area contributed by atoms with Crippen LogP contribution in [0.15, 0.2) is 46.9 Å². The number of aromatic nitrogens is 3. The highest BCUT2D eigenvalue weighted by atomic mass is 32.2. The van der Waals surface area contributed by atoms with Crippen LogP contribution in [0.5, 0.6) is 0 Å². The van der Waals surface area contributed by atoms with Crippen molar-refractivity contribution < 1.29 is 18.1 Å². The highest BCUT2D eigenvalue weighted by molar-refractivity contribution is 7.85. The maximum Gasteiger partial charge on any atom is 0.294 e. The monoisotopic (exact) mass is 391 g/mol. The van der Waals surface area contributed by atoms with Gasteiger partial charge < -0.3 is 5.11 Å². The second-order valence-electron chi connectivity index (χ2n) is 8.27. The predicted octanol–water partition coefficient (Wildman–Crippen LogP) is 3.15. The molecule has 2 aromatic rings. The SMILES string of the molecule is CC(C)C1=CC=CC(n2nc3ccc(S(=O)(=O)O)cc3n2)C1(O)C(C)(C)C. The van der Waals surface area contributed by atoms with E-state index in [1.54, 1.807) is 0 Å². The second kappa shape index (κ2) is 6.25. The van der Waals surface area contributed by atoms with Crippen molar-refractivity contribution in [2.45, 2.75) is 51.2 Å². The first-order valence-corrected chi connectivity index (χ1v) is 10.2. The summed E-state index contributed by atoms with van der Waals surface area (Å²) < 4.78 is 32.0. The summed E-state index contributed by atoms with van der Waals surface area (Å²) in [5, 5.41) is 20.7. The van der Waals surface area contributed by atoms with E-state index in [-0.39, 0.29) is 10.8 Å². The Labute approximate surface area is 159 Å². The largest absolute Gasteiger partial charge is 0.382 e. The average molecular weight is 391 g/mol. The van der Waals surface area contributed by atoms with Gasteiger partial charge in [-0.1, -0.05) is 52.8 Å². The van der Waals surface area contributed by atoms with Crippen LogP contribution >= 0.6 is 0 Å². The quantitative estimate of drug-likeness (QED) is 0.779. The molecule has 0 saturated carbocycles. The van der Waals surface area contributed by atoms with Crippen molar-refractivity contribution >= 4 is 21.2 Å². The number of hydrogen-bond donors (Lipinski definition) is 2. The Morgan fingerprint density at radius 3 is 2.37 bits per heavy atom. The highest BCUT2D eigenvalue weighted by Gasteiger charge is 2.51. The third-order valence-corrected chi connectivity index (χ3v) is 5.97.